The SMILES string of the molecule is Cc1cccc(SCC(=O)C2CCOCC2)c1. The summed E-state index contributed by atoms with van der Waals surface area (Å²) in [4.78, 5) is 13.2. The summed E-state index contributed by atoms with van der Waals surface area (Å²) < 4.78 is 5.27. The Bertz CT molecular complexity index is 384. The van der Waals surface area contributed by atoms with Crippen molar-refractivity contribution in [3.05, 3.63) is 29.8 Å². The lowest BCUT2D eigenvalue weighted by molar-refractivity contribution is -0.123. The molecule has 1 aliphatic rings. The van der Waals surface area contributed by atoms with Crippen molar-refractivity contribution in [2.75, 3.05) is 19.0 Å². The van der Waals surface area contributed by atoms with Crippen LogP contribution in [0, 0.1) is 12.8 Å². The van der Waals surface area contributed by atoms with E-state index in [4.69, 9.17) is 4.74 Å². The number of hydrogen-bond donors (Lipinski definition) is 0. The quantitative estimate of drug-likeness (QED) is 0.768. The summed E-state index contributed by atoms with van der Waals surface area (Å²) in [5, 5.41) is 0. The Labute approximate surface area is 107 Å². The normalized spacial score (nSPS) is 17.0. The summed E-state index contributed by atoms with van der Waals surface area (Å²) in [6.45, 7) is 3.56. The summed E-state index contributed by atoms with van der Waals surface area (Å²) in [7, 11) is 0. The van der Waals surface area contributed by atoms with Gasteiger partial charge in [0.05, 0.1) is 5.75 Å². The molecule has 0 unspecified atom stereocenters. The Kier molecular flexibility index (Phi) is 4.63. The van der Waals surface area contributed by atoms with E-state index in [2.05, 4.69) is 25.1 Å². The fourth-order valence-corrected chi connectivity index (χ4v) is 2.99. The maximum absolute atomic E-state index is 12.0. The summed E-state index contributed by atoms with van der Waals surface area (Å²) in [5.41, 5.74) is 1.24. The van der Waals surface area contributed by atoms with Crippen LogP contribution in [0.2, 0.25) is 0 Å². The monoisotopic (exact) mass is 250 g/mol. The number of benzene rings is 1. The average molecular weight is 250 g/mol. The van der Waals surface area contributed by atoms with Crippen LogP contribution in [-0.2, 0) is 9.53 Å². The van der Waals surface area contributed by atoms with Crippen LogP contribution in [0.25, 0.3) is 0 Å². The van der Waals surface area contributed by atoms with Gasteiger partial charge in [0.2, 0.25) is 0 Å². The van der Waals surface area contributed by atoms with Crippen molar-refractivity contribution in [2.45, 2.75) is 24.7 Å². The highest BCUT2D eigenvalue weighted by Crippen LogP contribution is 2.23. The van der Waals surface area contributed by atoms with Gasteiger partial charge < -0.3 is 4.74 Å². The molecule has 0 spiro atoms. The molecule has 0 aliphatic carbocycles. The van der Waals surface area contributed by atoms with E-state index in [1.807, 2.05) is 6.07 Å². The van der Waals surface area contributed by atoms with Gasteiger partial charge in [-0.2, -0.15) is 0 Å². The summed E-state index contributed by atoms with van der Waals surface area (Å²) in [5.74, 6) is 1.19. The van der Waals surface area contributed by atoms with E-state index < -0.39 is 0 Å². The minimum Gasteiger partial charge on any atom is -0.381 e. The Hall–Kier alpha value is -0.800. The van der Waals surface area contributed by atoms with Crippen LogP contribution >= 0.6 is 11.8 Å². The number of rotatable bonds is 4. The zero-order valence-corrected chi connectivity index (χ0v) is 11.0. The molecule has 0 N–H and O–H groups in total. The molecule has 0 atom stereocenters. The average Bonchev–Trinajstić information content (AvgIpc) is 2.37. The standard InChI is InChI=1S/C14H18O2S/c1-11-3-2-4-13(9-11)17-10-14(15)12-5-7-16-8-6-12/h2-4,9,12H,5-8,10H2,1H3. The molecule has 1 fully saturated rings. The van der Waals surface area contributed by atoms with E-state index >= 15 is 0 Å². The van der Waals surface area contributed by atoms with Crippen LogP contribution in [0.5, 0.6) is 0 Å². The van der Waals surface area contributed by atoms with Crippen LogP contribution in [0.4, 0.5) is 0 Å². The third kappa shape index (κ3) is 3.86. The maximum atomic E-state index is 12.0. The second kappa shape index (κ2) is 6.22. The molecule has 1 aliphatic heterocycles. The van der Waals surface area contributed by atoms with Crippen molar-refractivity contribution >= 4 is 17.5 Å². The lowest BCUT2D eigenvalue weighted by Gasteiger charge is -2.20. The zero-order chi connectivity index (χ0) is 12.1. The third-order valence-electron chi connectivity index (χ3n) is 3.05. The van der Waals surface area contributed by atoms with Gasteiger partial charge >= 0.3 is 0 Å². The Morgan fingerprint density at radius 1 is 1.41 bits per heavy atom. The Morgan fingerprint density at radius 3 is 2.88 bits per heavy atom. The molecule has 3 heteroatoms. The molecular formula is C14H18O2S. The lowest BCUT2D eigenvalue weighted by atomic mass is 9.96. The molecule has 1 aromatic rings. The minimum atomic E-state index is 0.223. The van der Waals surface area contributed by atoms with E-state index in [0.717, 1.165) is 26.1 Å². The van der Waals surface area contributed by atoms with Gasteiger partial charge in [0.25, 0.3) is 0 Å². The maximum Gasteiger partial charge on any atom is 0.146 e. The number of aryl methyl sites for hydroxylation is 1. The van der Waals surface area contributed by atoms with Crippen molar-refractivity contribution in [3.63, 3.8) is 0 Å². The predicted octanol–water partition coefficient (Wildman–Crippen LogP) is 3.08. The number of Topliss-reactive ketones (excluding diaryl/α,β-unsaturated/α-hetero) is 1. The summed E-state index contributed by atoms with van der Waals surface area (Å²) >= 11 is 1.65. The third-order valence-corrected chi connectivity index (χ3v) is 4.06. The van der Waals surface area contributed by atoms with E-state index in [0.29, 0.717) is 11.5 Å². The van der Waals surface area contributed by atoms with Crippen molar-refractivity contribution in [2.24, 2.45) is 5.92 Å². The molecule has 1 aromatic carbocycles. The smallest absolute Gasteiger partial charge is 0.146 e. The van der Waals surface area contributed by atoms with Crippen LogP contribution in [-0.4, -0.2) is 24.7 Å². The molecule has 1 saturated heterocycles. The van der Waals surface area contributed by atoms with Gasteiger partial charge in [0.15, 0.2) is 0 Å². The van der Waals surface area contributed by atoms with E-state index in [1.165, 1.54) is 10.5 Å². The molecule has 17 heavy (non-hydrogen) atoms. The largest absolute Gasteiger partial charge is 0.381 e. The fourth-order valence-electron chi connectivity index (χ4n) is 2.00. The molecule has 0 aromatic heterocycles. The fraction of sp³-hybridized carbons (Fsp3) is 0.500. The molecular weight excluding hydrogens is 232 g/mol. The lowest BCUT2D eigenvalue weighted by Crippen LogP contribution is -2.24. The summed E-state index contributed by atoms with van der Waals surface area (Å²) in [6, 6.07) is 8.30. The highest BCUT2D eigenvalue weighted by Gasteiger charge is 2.21. The molecule has 0 amide bonds. The molecule has 2 nitrogen and oxygen atoms in total. The van der Waals surface area contributed by atoms with E-state index in [-0.39, 0.29) is 5.92 Å². The summed E-state index contributed by atoms with van der Waals surface area (Å²) in [6.07, 6.45) is 1.79. The van der Waals surface area contributed by atoms with Crippen molar-refractivity contribution in [1.82, 2.24) is 0 Å². The van der Waals surface area contributed by atoms with Crippen molar-refractivity contribution < 1.29 is 9.53 Å². The van der Waals surface area contributed by atoms with Gasteiger partial charge in [0, 0.05) is 24.0 Å². The Morgan fingerprint density at radius 2 is 2.18 bits per heavy atom. The van der Waals surface area contributed by atoms with Crippen LogP contribution in [0.1, 0.15) is 18.4 Å². The second-order valence-electron chi connectivity index (χ2n) is 4.46. The zero-order valence-electron chi connectivity index (χ0n) is 10.1. The van der Waals surface area contributed by atoms with Crippen LogP contribution in [0.15, 0.2) is 29.2 Å². The highest BCUT2D eigenvalue weighted by atomic mass is 32.2. The van der Waals surface area contributed by atoms with Crippen LogP contribution < -0.4 is 0 Å². The van der Waals surface area contributed by atoms with Crippen molar-refractivity contribution in [1.29, 1.82) is 0 Å². The van der Waals surface area contributed by atoms with Crippen molar-refractivity contribution in [3.8, 4) is 0 Å². The van der Waals surface area contributed by atoms with Gasteiger partial charge in [-0.15, -0.1) is 11.8 Å². The number of hydrogen-bond acceptors (Lipinski definition) is 3. The van der Waals surface area contributed by atoms with Gasteiger partial charge in [-0.25, -0.2) is 0 Å². The van der Waals surface area contributed by atoms with E-state index in [9.17, 15) is 4.79 Å². The number of ether oxygens (including phenoxy) is 1. The van der Waals surface area contributed by atoms with Gasteiger partial charge in [-0.3, -0.25) is 4.79 Å². The first-order valence-corrected chi connectivity index (χ1v) is 7.04. The molecule has 92 valence electrons. The first-order valence-electron chi connectivity index (χ1n) is 6.05. The number of carbonyl (C=O) groups is 1. The van der Waals surface area contributed by atoms with Gasteiger partial charge in [0.1, 0.15) is 5.78 Å². The van der Waals surface area contributed by atoms with Crippen LogP contribution in [0.3, 0.4) is 0 Å². The first-order chi connectivity index (χ1) is 8.25. The van der Waals surface area contributed by atoms with Gasteiger partial charge in [-0.05, 0) is 31.9 Å². The topological polar surface area (TPSA) is 26.3 Å². The minimum absolute atomic E-state index is 0.223. The second-order valence-corrected chi connectivity index (χ2v) is 5.51. The van der Waals surface area contributed by atoms with Gasteiger partial charge in [-0.1, -0.05) is 17.7 Å². The predicted molar refractivity (Wildman–Crippen MR) is 70.5 cm³/mol. The Balaban J connectivity index is 1.83. The first kappa shape index (κ1) is 12.7. The number of carbonyl (C=O) groups excluding carboxylic acids is 1. The number of ketones is 1. The highest BCUT2D eigenvalue weighted by molar-refractivity contribution is 8.00. The molecule has 2 rings (SSSR count). The molecule has 0 saturated carbocycles. The van der Waals surface area contributed by atoms with E-state index in [1.54, 1.807) is 11.8 Å². The number of thioether (sulfide) groups is 1. The molecule has 1 heterocycles. The molecule has 0 bridgehead atoms. The molecule has 0 radical (unpaired) electrons.